The second-order valence-electron chi connectivity index (χ2n) is 4.27. The predicted octanol–water partition coefficient (Wildman–Crippen LogP) is 2.52. The fraction of sp³-hybridized carbons (Fsp3) is 0.200. The maximum Gasteiger partial charge on any atom is 0.257 e. The van der Waals surface area contributed by atoms with Gasteiger partial charge in [-0.05, 0) is 29.8 Å². The first-order chi connectivity index (χ1) is 9.72. The molecule has 104 valence electrons. The van der Waals surface area contributed by atoms with Crippen LogP contribution in [0.2, 0.25) is 0 Å². The molecular formula is C15H17N3O2. The number of carbonyl (C=O) groups excluding carboxylic acids is 1. The number of aromatic nitrogens is 1. The van der Waals surface area contributed by atoms with Crippen molar-refractivity contribution in [2.45, 2.75) is 6.61 Å². The van der Waals surface area contributed by atoms with Gasteiger partial charge in [0.2, 0.25) is 0 Å². The molecule has 20 heavy (non-hydrogen) atoms. The van der Waals surface area contributed by atoms with Gasteiger partial charge < -0.3 is 15.4 Å². The third-order valence-electron chi connectivity index (χ3n) is 2.78. The molecule has 0 aliphatic heterocycles. The molecule has 1 amide bonds. The van der Waals surface area contributed by atoms with Gasteiger partial charge >= 0.3 is 0 Å². The Morgan fingerprint density at radius 3 is 2.80 bits per heavy atom. The molecule has 1 aromatic carbocycles. The van der Waals surface area contributed by atoms with E-state index < -0.39 is 0 Å². The summed E-state index contributed by atoms with van der Waals surface area (Å²) < 4.78 is 5.07. The maximum absolute atomic E-state index is 12.1. The molecular weight excluding hydrogens is 254 g/mol. The lowest BCUT2D eigenvalue weighted by molar-refractivity contribution is 0.102. The van der Waals surface area contributed by atoms with Crippen molar-refractivity contribution < 1.29 is 9.53 Å². The Labute approximate surface area is 118 Å². The van der Waals surface area contributed by atoms with E-state index in [0.29, 0.717) is 12.2 Å². The van der Waals surface area contributed by atoms with Crippen molar-refractivity contribution in [3.05, 3.63) is 53.7 Å². The van der Waals surface area contributed by atoms with Gasteiger partial charge in [-0.25, -0.2) is 4.98 Å². The van der Waals surface area contributed by atoms with Crippen LogP contribution in [-0.2, 0) is 11.3 Å². The minimum Gasteiger partial charge on any atom is -0.380 e. The first kappa shape index (κ1) is 14.0. The van der Waals surface area contributed by atoms with E-state index >= 15 is 0 Å². The topological polar surface area (TPSA) is 63.2 Å². The number of benzene rings is 1. The van der Waals surface area contributed by atoms with E-state index in [0.717, 1.165) is 17.1 Å². The van der Waals surface area contributed by atoms with Crippen LogP contribution in [-0.4, -0.2) is 25.0 Å². The minimum atomic E-state index is -0.185. The zero-order valence-electron chi connectivity index (χ0n) is 11.5. The molecule has 0 aliphatic rings. The van der Waals surface area contributed by atoms with Crippen molar-refractivity contribution >= 4 is 17.4 Å². The molecule has 5 nitrogen and oxygen atoms in total. The van der Waals surface area contributed by atoms with E-state index in [9.17, 15) is 4.79 Å². The fourth-order valence-electron chi connectivity index (χ4n) is 1.78. The van der Waals surface area contributed by atoms with E-state index in [2.05, 4.69) is 15.6 Å². The standard InChI is InChI=1S/C15H17N3O2/c1-16-14-7-6-12(9-17-14)15(19)18-13-5-3-4-11(8-13)10-20-2/h3-9H,10H2,1-2H3,(H,16,17)(H,18,19). The van der Waals surface area contributed by atoms with Crippen molar-refractivity contribution in [2.24, 2.45) is 0 Å². The van der Waals surface area contributed by atoms with Crippen LogP contribution in [0.5, 0.6) is 0 Å². The van der Waals surface area contributed by atoms with E-state index in [1.165, 1.54) is 0 Å². The van der Waals surface area contributed by atoms with Crippen LogP contribution in [0, 0.1) is 0 Å². The van der Waals surface area contributed by atoms with Crippen molar-refractivity contribution in [1.29, 1.82) is 0 Å². The van der Waals surface area contributed by atoms with E-state index in [-0.39, 0.29) is 5.91 Å². The lowest BCUT2D eigenvalue weighted by atomic mass is 10.2. The molecule has 0 radical (unpaired) electrons. The number of ether oxygens (including phenoxy) is 1. The highest BCUT2D eigenvalue weighted by atomic mass is 16.5. The normalized spacial score (nSPS) is 10.1. The Bertz CT molecular complexity index is 582. The van der Waals surface area contributed by atoms with Crippen LogP contribution in [0.3, 0.4) is 0 Å². The molecule has 0 aliphatic carbocycles. The van der Waals surface area contributed by atoms with Gasteiger partial charge in [0.05, 0.1) is 12.2 Å². The third kappa shape index (κ3) is 3.55. The number of pyridine rings is 1. The van der Waals surface area contributed by atoms with E-state index in [1.807, 2.05) is 24.3 Å². The van der Waals surface area contributed by atoms with Gasteiger partial charge in [-0.1, -0.05) is 12.1 Å². The Morgan fingerprint density at radius 2 is 2.15 bits per heavy atom. The molecule has 0 bridgehead atoms. The molecule has 0 saturated carbocycles. The number of methoxy groups -OCH3 is 1. The largest absolute Gasteiger partial charge is 0.380 e. The highest BCUT2D eigenvalue weighted by Gasteiger charge is 2.07. The molecule has 0 unspecified atom stereocenters. The van der Waals surface area contributed by atoms with Crippen molar-refractivity contribution in [2.75, 3.05) is 24.8 Å². The number of carbonyl (C=O) groups is 1. The molecule has 2 N–H and O–H groups in total. The first-order valence-electron chi connectivity index (χ1n) is 6.26. The van der Waals surface area contributed by atoms with Crippen LogP contribution in [0.1, 0.15) is 15.9 Å². The average molecular weight is 271 g/mol. The molecule has 0 spiro atoms. The molecule has 5 heteroatoms. The smallest absolute Gasteiger partial charge is 0.257 e. The summed E-state index contributed by atoms with van der Waals surface area (Å²) in [5, 5.41) is 5.75. The van der Waals surface area contributed by atoms with Crippen LogP contribution in [0.4, 0.5) is 11.5 Å². The fourth-order valence-corrected chi connectivity index (χ4v) is 1.78. The summed E-state index contributed by atoms with van der Waals surface area (Å²) in [4.78, 5) is 16.2. The molecule has 1 heterocycles. The van der Waals surface area contributed by atoms with Gasteiger partial charge in [0.15, 0.2) is 0 Å². The summed E-state index contributed by atoms with van der Waals surface area (Å²) in [6.07, 6.45) is 1.54. The highest BCUT2D eigenvalue weighted by molar-refractivity contribution is 6.04. The second kappa shape index (κ2) is 6.68. The summed E-state index contributed by atoms with van der Waals surface area (Å²) >= 11 is 0. The molecule has 1 aromatic heterocycles. The van der Waals surface area contributed by atoms with Crippen LogP contribution >= 0.6 is 0 Å². The Hall–Kier alpha value is -2.40. The number of anilines is 2. The number of nitrogens with zero attached hydrogens (tertiary/aromatic N) is 1. The number of amides is 1. The molecule has 0 atom stereocenters. The molecule has 0 saturated heterocycles. The SMILES string of the molecule is CNc1ccc(C(=O)Nc2cccc(COC)c2)cn1. The van der Waals surface area contributed by atoms with Gasteiger partial charge in [0.1, 0.15) is 5.82 Å². The lowest BCUT2D eigenvalue weighted by Gasteiger charge is -2.07. The quantitative estimate of drug-likeness (QED) is 0.877. The Balaban J connectivity index is 2.08. The zero-order valence-corrected chi connectivity index (χ0v) is 11.5. The summed E-state index contributed by atoms with van der Waals surface area (Å²) in [6.45, 7) is 0.516. The van der Waals surface area contributed by atoms with Crippen LogP contribution in [0.25, 0.3) is 0 Å². The van der Waals surface area contributed by atoms with Crippen molar-refractivity contribution in [3.63, 3.8) is 0 Å². The summed E-state index contributed by atoms with van der Waals surface area (Å²) in [7, 11) is 3.42. The number of hydrogen-bond acceptors (Lipinski definition) is 4. The Kier molecular flexibility index (Phi) is 4.68. The van der Waals surface area contributed by atoms with E-state index in [4.69, 9.17) is 4.74 Å². The summed E-state index contributed by atoms with van der Waals surface area (Å²) in [6, 6.07) is 11.0. The molecule has 0 fully saturated rings. The van der Waals surface area contributed by atoms with Crippen LogP contribution in [0.15, 0.2) is 42.6 Å². The first-order valence-corrected chi connectivity index (χ1v) is 6.26. The number of rotatable bonds is 5. The van der Waals surface area contributed by atoms with Gasteiger partial charge in [0, 0.05) is 26.0 Å². The third-order valence-corrected chi connectivity index (χ3v) is 2.78. The monoisotopic (exact) mass is 271 g/mol. The zero-order chi connectivity index (χ0) is 14.4. The van der Waals surface area contributed by atoms with Crippen molar-refractivity contribution in [1.82, 2.24) is 4.98 Å². The number of nitrogens with one attached hydrogen (secondary N) is 2. The predicted molar refractivity (Wildman–Crippen MR) is 78.9 cm³/mol. The van der Waals surface area contributed by atoms with Crippen LogP contribution < -0.4 is 10.6 Å². The minimum absolute atomic E-state index is 0.185. The van der Waals surface area contributed by atoms with E-state index in [1.54, 1.807) is 32.5 Å². The summed E-state index contributed by atoms with van der Waals surface area (Å²) in [5.74, 6) is 0.540. The van der Waals surface area contributed by atoms with Gasteiger partial charge in [-0.2, -0.15) is 0 Å². The second-order valence-corrected chi connectivity index (χ2v) is 4.27. The number of hydrogen-bond donors (Lipinski definition) is 2. The maximum atomic E-state index is 12.1. The average Bonchev–Trinajstić information content (AvgIpc) is 2.48. The molecule has 2 rings (SSSR count). The highest BCUT2D eigenvalue weighted by Crippen LogP contribution is 2.13. The molecule has 2 aromatic rings. The van der Waals surface area contributed by atoms with Gasteiger partial charge in [-0.15, -0.1) is 0 Å². The lowest BCUT2D eigenvalue weighted by Crippen LogP contribution is -2.12. The summed E-state index contributed by atoms with van der Waals surface area (Å²) in [5.41, 5.74) is 2.26. The van der Waals surface area contributed by atoms with Gasteiger partial charge in [-0.3, -0.25) is 4.79 Å². The van der Waals surface area contributed by atoms with Crippen molar-refractivity contribution in [3.8, 4) is 0 Å². The Morgan fingerprint density at radius 1 is 1.30 bits per heavy atom. The van der Waals surface area contributed by atoms with Gasteiger partial charge in [0.25, 0.3) is 5.91 Å².